The zero-order valence-electron chi connectivity index (χ0n) is 13.1. The number of aryl methyl sites for hydroxylation is 2. The molecule has 0 aliphatic carbocycles. The smallest absolute Gasteiger partial charge is 0.266 e. The fourth-order valence-corrected chi connectivity index (χ4v) is 2.79. The van der Waals surface area contributed by atoms with Gasteiger partial charge in [-0.05, 0) is 44.2 Å². The van der Waals surface area contributed by atoms with E-state index < -0.39 is 0 Å². The van der Waals surface area contributed by atoms with E-state index in [4.69, 9.17) is 0 Å². The fourth-order valence-electron chi connectivity index (χ4n) is 2.79. The number of hydrogen-bond donors (Lipinski definition) is 0. The quantitative estimate of drug-likeness (QED) is 0.860. The normalized spacial score (nSPS) is 16.0. The van der Waals surface area contributed by atoms with Gasteiger partial charge in [0.2, 0.25) is 5.95 Å². The lowest BCUT2D eigenvalue weighted by Gasteiger charge is -2.31. The van der Waals surface area contributed by atoms with Gasteiger partial charge in [0.1, 0.15) is 0 Å². The minimum absolute atomic E-state index is 0.0186. The van der Waals surface area contributed by atoms with Gasteiger partial charge in [-0.3, -0.25) is 4.79 Å². The highest BCUT2D eigenvalue weighted by molar-refractivity contribution is 5.30. The summed E-state index contributed by atoms with van der Waals surface area (Å²) in [5.74, 6) is 1.28. The molecular weight excluding hydrogens is 278 g/mol. The van der Waals surface area contributed by atoms with Crippen LogP contribution in [0.4, 0.5) is 5.95 Å². The van der Waals surface area contributed by atoms with E-state index in [1.807, 2.05) is 26.2 Å². The highest BCUT2D eigenvalue weighted by Gasteiger charge is 2.21. The summed E-state index contributed by atoms with van der Waals surface area (Å²) in [6, 6.07) is 3.35. The van der Waals surface area contributed by atoms with Crippen LogP contribution >= 0.6 is 0 Å². The molecule has 1 aliphatic heterocycles. The summed E-state index contributed by atoms with van der Waals surface area (Å²) in [7, 11) is 0. The minimum atomic E-state index is -0.0186. The third-order valence-corrected chi connectivity index (χ3v) is 4.10. The number of hydrogen-bond acceptors (Lipinski definition) is 5. The van der Waals surface area contributed by atoms with E-state index >= 15 is 0 Å². The van der Waals surface area contributed by atoms with Gasteiger partial charge in [0, 0.05) is 38.1 Å². The van der Waals surface area contributed by atoms with Gasteiger partial charge in [0.15, 0.2) is 0 Å². The molecule has 6 heteroatoms. The van der Waals surface area contributed by atoms with E-state index in [9.17, 15) is 4.79 Å². The molecule has 1 saturated heterocycles. The van der Waals surface area contributed by atoms with Crippen molar-refractivity contribution in [3.8, 4) is 0 Å². The second-order valence-electron chi connectivity index (χ2n) is 5.99. The maximum absolute atomic E-state index is 11.8. The molecule has 3 rings (SSSR count). The van der Waals surface area contributed by atoms with E-state index in [1.165, 1.54) is 0 Å². The SMILES string of the molecule is Cc1cnc(N2CCC(Cn3nc(C)ccc3=O)CC2)nc1. The number of rotatable bonds is 3. The van der Waals surface area contributed by atoms with Crippen LogP contribution in [-0.2, 0) is 6.54 Å². The average Bonchev–Trinajstić information content (AvgIpc) is 2.53. The number of anilines is 1. The molecule has 0 saturated carbocycles. The van der Waals surface area contributed by atoms with Crippen LogP contribution in [0.3, 0.4) is 0 Å². The Balaban J connectivity index is 1.61. The van der Waals surface area contributed by atoms with Gasteiger partial charge >= 0.3 is 0 Å². The van der Waals surface area contributed by atoms with Gasteiger partial charge in [0.05, 0.1) is 5.69 Å². The van der Waals surface area contributed by atoms with Crippen molar-refractivity contribution in [1.82, 2.24) is 19.7 Å². The second-order valence-corrected chi connectivity index (χ2v) is 5.99. The van der Waals surface area contributed by atoms with Crippen LogP contribution in [-0.4, -0.2) is 32.8 Å². The highest BCUT2D eigenvalue weighted by atomic mass is 16.1. The predicted octanol–water partition coefficient (Wildman–Crippen LogP) is 1.57. The van der Waals surface area contributed by atoms with Gasteiger partial charge in [-0.25, -0.2) is 14.6 Å². The van der Waals surface area contributed by atoms with Crippen molar-refractivity contribution in [2.45, 2.75) is 33.2 Å². The van der Waals surface area contributed by atoms with Gasteiger partial charge < -0.3 is 4.90 Å². The second kappa shape index (κ2) is 6.25. The van der Waals surface area contributed by atoms with Crippen molar-refractivity contribution >= 4 is 5.95 Å². The number of aromatic nitrogens is 4. The Labute approximate surface area is 129 Å². The summed E-state index contributed by atoms with van der Waals surface area (Å²) in [4.78, 5) is 22.8. The van der Waals surface area contributed by atoms with Crippen molar-refractivity contribution in [1.29, 1.82) is 0 Å². The first-order valence-corrected chi connectivity index (χ1v) is 7.70. The van der Waals surface area contributed by atoms with Crippen LogP contribution in [0.1, 0.15) is 24.1 Å². The molecule has 2 aromatic rings. The summed E-state index contributed by atoms with van der Waals surface area (Å²) in [5.41, 5.74) is 1.93. The Morgan fingerprint density at radius 2 is 1.82 bits per heavy atom. The van der Waals surface area contributed by atoms with Gasteiger partial charge in [-0.15, -0.1) is 0 Å². The Bertz CT molecular complexity index is 686. The molecule has 6 nitrogen and oxygen atoms in total. The zero-order chi connectivity index (χ0) is 15.5. The maximum atomic E-state index is 11.8. The average molecular weight is 299 g/mol. The van der Waals surface area contributed by atoms with Crippen molar-refractivity contribution in [3.63, 3.8) is 0 Å². The molecule has 1 aliphatic rings. The van der Waals surface area contributed by atoms with Crippen LogP contribution in [0, 0.1) is 19.8 Å². The van der Waals surface area contributed by atoms with Gasteiger partial charge in [-0.1, -0.05) is 0 Å². The minimum Gasteiger partial charge on any atom is -0.341 e. The van der Waals surface area contributed by atoms with Gasteiger partial charge in [-0.2, -0.15) is 5.10 Å². The molecule has 116 valence electrons. The van der Waals surface area contributed by atoms with Crippen LogP contribution in [0.5, 0.6) is 0 Å². The van der Waals surface area contributed by atoms with E-state index in [0.717, 1.165) is 43.1 Å². The standard InChI is InChI=1S/C16H21N5O/c1-12-9-17-16(18-10-12)20-7-5-14(6-8-20)11-21-15(22)4-3-13(2)19-21/h3-4,9-10,14H,5-8,11H2,1-2H3. The lowest BCUT2D eigenvalue weighted by Crippen LogP contribution is -2.37. The highest BCUT2D eigenvalue weighted by Crippen LogP contribution is 2.21. The molecule has 0 atom stereocenters. The molecule has 0 bridgehead atoms. The molecular formula is C16H21N5O. The van der Waals surface area contributed by atoms with Crippen molar-refractivity contribution in [2.75, 3.05) is 18.0 Å². The first-order chi connectivity index (χ1) is 10.6. The third-order valence-electron chi connectivity index (χ3n) is 4.10. The molecule has 3 heterocycles. The van der Waals surface area contributed by atoms with E-state index in [-0.39, 0.29) is 5.56 Å². The largest absolute Gasteiger partial charge is 0.341 e. The van der Waals surface area contributed by atoms with Crippen molar-refractivity contribution < 1.29 is 0 Å². The first-order valence-electron chi connectivity index (χ1n) is 7.70. The van der Waals surface area contributed by atoms with Crippen molar-refractivity contribution in [3.05, 3.63) is 46.1 Å². The molecule has 0 radical (unpaired) electrons. The molecule has 0 spiro atoms. The summed E-state index contributed by atoms with van der Waals surface area (Å²) in [5, 5.41) is 4.32. The molecule has 0 unspecified atom stereocenters. The lowest BCUT2D eigenvalue weighted by molar-refractivity contribution is 0.332. The molecule has 2 aromatic heterocycles. The van der Waals surface area contributed by atoms with E-state index in [2.05, 4.69) is 20.0 Å². The Morgan fingerprint density at radius 3 is 2.50 bits per heavy atom. The summed E-state index contributed by atoms with van der Waals surface area (Å²) in [6.07, 6.45) is 5.76. The number of piperidine rings is 1. The Kier molecular flexibility index (Phi) is 4.18. The van der Waals surface area contributed by atoms with Crippen LogP contribution in [0.15, 0.2) is 29.3 Å². The van der Waals surface area contributed by atoms with Gasteiger partial charge in [0.25, 0.3) is 5.56 Å². The summed E-state index contributed by atoms with van der Waals surface area (Å²) >= 11 is 0. The first kappa shape index (κ1) is 14.7. The van der Waals surface area contributed by atoms with Crippen LogP contribution in [0.2, 0.25) is 0 Å². The monoisotopic (exact) mass is 299 g/mol. The Hall–Kier alpha value is -2.24. The molecule has 0 aromatic carbocycles. The van der Waals surface area contributed by atoms with E-state index in [1.54, 1.807) is 16.8 Å². The fraction of sp³-hybridized carbons (Fsp3) is 0.500. The lowest BCUT2D eigenvalue weighted by atomic mass is 9.97. The number of nitrogens with zero attached hydrogens (tertiary/aromatic N) is 5. The Morgan fingerprint density at radius 1 is 1.14 bits per heavy atom. The van der Waals surface area contributed by atoms with Crippen LogP contribution in [0.25, 0.3) is 0 Å². The third kappa shape index (κ3) is 3.32. The van der Waals surface area contributed by atoms with Crippen molar-refractivity contribution in [2.24, 2.45) is 5.92 Å². The molecule has 22 heavy (non-hydrogen) atoms. The topological polar surface area (TPSA) is 63.9 Å². The maximum Gasteiger partial charge on any atom is 0.266 e. The summed E-state index contributed by atoms with van der Waals surface area (Å²) in [6.45, 7) is 6.45. The van der Waals surface area contributed by atoms with E-state index in [0.29, 0.717) is 12.5 Å². The van der Waals surface area contributed by atoms with Crippen LogP contribution < -0.4 is 10.5 Å². The molecule has 0 N–H and O–H groups in total. The zero-order valence-corrected chi connectivity index (χ0v) is 13.1. The summed E-state index contributed by atoms with van der Waals surface area (Å²) < 4.78 is 1.60. The predicted molar refractivity (Wildman–Crippen MR) is 84.9 cm³/mol. The molecule has 0 amide bonds. The molecule has 1 fully saturated rings.